The molecule has 0 rings (SSSR count). The summed E-state index contributed by atoms with van der Waals surface area (Å²) in [7, 11) is 0. The van der Waals surface area contributed by atoms with E-state index >= 15 is 0 Å². The van der Waals surface area contributed by atoms with E-state index in [0.29, 0.717) is 64.1 Å². The van der Waals surface area contributed by atoms with E-state index in [-0.39, 0.29) is 13.2 Å². The lowest BCUT2D eigenvalue weighted by Crippen LogP contribution is -2.08. The van der Waals surface area contributed by atoms with E-state index in [2.05, 4.69) is 0 Å². The van der Waals surface area contributed by atoms with E-state index in [9.17, 15) is 0 Å². The molecule has 0 aromatic carbocycles. The Bertz CT molecular complexity index is 300. The van der Waals surface area contributed by atoms with Crippen molar-refractivity contribution in [1.82, 2.24) is 0 Å². The summed E-state index contributed by atoms with van der Waals surface area (Å²) in [5, 5.41) is 16.9. The van der Waals surface area contributed by atoms with E-state index in [0.717, 1.165) is 97.8 Å². The fourth-order valence-corrected chi connectivity index (χ4v) is 2.64. The van der Waals surface area contributed by atoms with Gasteiger partial charge in [0.15, 0.2) is 0 Å². The van der Waals surface area contributed by atoms with Crippen molar-refractivity contribution in [3.05, 3.63) is 0 Å². The highest BCUT2D eigenvalue weighted by Gasteiger charge is 1.92. The van der Waals surface area contributed by atoms with Crippen LogP contribution in [0.5, 0.6) is 0 Å². The molecule has 0 aromatic rings. The zero-order chi connectivity index (χ0) is 29.3. The number of ether oxygens (including phenoxy) is 6. The van der Waals surface area contributed by atoms with Crippen LogP contribution in [-0.4, -0.2) is 128 Å². The van der Waals surface area contributed by atoms with Gasteiger partial charge in [0.05, 0.1) is 0 Å². The molecule has 6 N–H and O–H groups in total. The topological polar surface area (TPSA) is 148 Å². The maximum atomic E-state index is 8.44. The molecule has 0 bridgehead atoms. The quantitative estimate of drug-likeness (QED) is 0.0706. The lowest BCUT2D eigenvalue weighted by atomic mass is 10.4. The van der Waals surface area contributed by atoms with E-state index in [1.807, 2.05) is 0 Å². The molecule has 0 unspecified atom stereocenters. The lowest BCUT2D eigenvalue weighted by molar-refractivity contribution is 0.0709. The van der Waals surface area contributed by atoms with Crippen molar-refractivity contribution in [3.8, 4) is 0 Å². The average Bonchev–Trinajstić information content (AvgIpc) is 2.95. The minimum absolute atomic E-state index is 0.188. The highest BCUT2D eigenvalue weighted by atomic mass is 35.5. The first-order valence-corrected chi connectivity index (χ1v) is 15.5. The Morgan fingerprint density at radius 2 is 0.590 bits per heavy atom. The summed E-state index contributed by atoms with van der Waals surface area (Å²) >= 11 is 11.0. The van der Waals surface area contributed by atoms with Crippen LogP contribution in [0, 0.1) is 0 Å². The molecule has 12 heteroatoms. The molecule has 0 radical (unpaired) electrons. The van der Waals surface area contributed by atoms with Crippen molar-refractivity contribution in [2.75, 3.05) is 117 Å². The molecule has 10 nitrogen and oxygen atoms in total. The summed E-state index contributed by atoms with van der Waals surface area (Å²) in [6, 6.07) is 0. The first-order chi connectivity index (χ1) is 19.2. The molecule has 0 saturated heterocycles. The summed E-state index contributed by atoms with van der Waals surface area (Å²) in [5.74, 6) is 1.35. The van der Waals surface area contributed by atoms with Gasteiger partial charge in [0.1, 0.15) is 0 Å². The first-order valence-electron chi connectivity index (χ1n) is 14.4. The minimum Gasteiger partial charge on any atom is -0.396 e. The highest BCUT2D eigenvalue weighted by Crippen LogP contribution is 1.92. The van der Waals surface area contributed by atoms with E-state index in [1.54, 1.807) is 0 Å². The predicted octanol–water partition coefficient (Wildman–Crippen LogP) is 2.95. The lowest BCUT2D eigenvalue weighted by Gasteiger charge is -2.04. The number of alkyl halides is 2. The second-order valence-electron chi connectivity index (χ2n) is 8.26. The minimum atomic E-state index is 0.188. The smallest absolute Gasteiger partial charge is 0.0488 e. The average molecular weight is 612 g/mol. The third-order valence-corrected chi connectivity index (χ3v) is 4.99. The standard InChI is InChI=1S/C9H18Cl2O2.C9H22N2O2.C9H20O4/c3*10-4-1-6-12-8-3-9-13-7-2-5-11/h1-9H2;1-11H2;10-11H,1-9H2. The monoisotopic (exact) mass is 610 g/mol. The van der Waals surface area contributed by atoms with Gasteiger partial charge in [-0.05, 0) is 70.9 Å². The van der Waals surface area contributed by atoms with Gasteiger partial charge < -0.3 is 50.1 Å². The van der Waals surface area contributed by atoms with Gasteiger partial charge in [-0.15, -0.1) is 23.2 Å². The Hall–Kier alpha value is 0.180. The third-order valence-electron chi connectivity index (χ3n) is 4.46. The van der Waals surface area contributed by atoms with Gasteiger partial charge in [-0.3, -0.25) is 0 Å². The molecular formula is C27H60Cl2N2O8. The largest absolute Gasteiger partial charge is 0.396 e. The summed E-state index contributed by atoms with van der Waals surface area (Å²) in [4.78, 5) is 0. The molecule has 0 amide bonds. The van der Waals surface area contributed by atoms with Gasteiger partial charge >= 0.3 is 0 Å². The van der Waals surface area contributed by atoms with Crippen LogP contribution in [0.1, 0.15) is 57.8 Å². The van der Waals surface area contributed by atoms with Gasteiger partial charge in [0.25, 0.3) is 0 Å². The fraction of sp³-hybridized carbons (Fsp3) is 1.00. The van der Waals surface area contributed by atoms with Crippen molar-refractivity contribution < 1.29 is 38.6 Å². The molecule has 0 atom stereocenters. The third kappa shape index (κ3) is 54.9. The van der Waals surface area contributed by atoms with Crippen LogP contribution in [-0.2, 0) is 28.4 Å². The van der Waals surface area contributed by atoms with Crippen LogP contribution in [0.25, 0.3) is 0 Å². The Balaban J connectivity index is -0.000000498. The van der Waals surface area contributed by atoms with Crippen molar-refractivity contribution in [1.29, 1.82) is 0 Å². The van der Waals surface area contributed by atoms with Gasteiger partial charge in [-0.2, -0.15) is 0 Å². The molecule has 240 valence electrons. The zero-order valence-corrected chi connectivity index (χ0v) is 25.9. The highest BCUT2D eigenvalue weighted by molar-refractivity contribution is 6.18. The number of halogens is 2. The Morgan fingerprint density at radius 1 is 0.359 bits per heavy atom. The first kappa shape index (κ1) is 43.6. The molecule has 0 saturated carbocycles. The van der Waals surface area contributed by atoms with E-state index in [4.69, 9.17) is 73.3 Å². The molecule has 0 fully saturated rings. The summed E-state index contributed by atoms with van der Waals surface area (Å²) in [5.41, 5.74) is 10.6. The number of aliphatic hydroxyl groups excluding tert-OH is 2. The Morgan fingerprint density at radius 3 is 0.821 bits per heavy atom. The summed E-state index contributed by atoms with van der Waals surface area (Å²) in [6.07, 6.45) is 7.90. The molecule has 0 aliphatic carbocycles. The van der Waals surface area contributed by atoms with Crippen LogP contribution in [0.15, 0.2) is 0 Å². The summed E-state index contributed by atoms with van der Waals surface area (Å²) < 4.78 is 31.6. The molecule has 0 spiro atoms. The summed E-state index contributed by atoms with van der Waals surface area (Å²) in [6.45, 7) is 10.5. The van der Waals surface area contributed by atoms with Gasteiger partial charge in [0, 0.05) is 104 Å². The molecule has 0 aliphatic heterocycles. The van der Waals surface area contributed by atoms with Gasteiger partial charge in [-0.1, -0.05) is 0 Å². The van der Waals surface area contributed by atoms with E-state index < -0.39 is 0 Å². The van der Waals surface area contributed by atoms with Gasteiger partial charge in [-0.25, -0.2) is 0 Å². The molecular weight excluding hydrogens is 551 g/mol. The maximum Gasteiger partial charge on any atom is 0.0488 e. The number of hydrogen-bond donors (Lipinski definition) is 4. The van der Waals surface area contributed by atoms with Crippen LogP contribution in [0.2, 0.25) is 0 Å². The van der Waals surface area contributed by atoms with Crippen LogP contribution >= 0.6 is 23.2 Å². The van der Waals surface area contributed by atoms with Gasteiger partial charge in [0.2, 0.25) is 0 Å². The Kier molecular flexibility index (Phi) is 53.6. The maximum absolute atomic E-state index is 8.44. The molecule has 0 heterocycles. The SMILES string of the molecule is ClCCCOCCCOCCCCl.NCCCOCCCOCCCN.OCCCOCCCOCCCO. The second kappa shape index (κ2) is 47.9. The van der Waals surface area contributed by atoms with E-state index in [1.165, 1.54) is 0 Å². The fourth-order valence-electron chi connectivity index (χ4n) is 2.42. The number of rotatable bonds is 30. The van der Waals surface area contributed by atoms with Crippen molar-refractivity contribution in [3.63, 3.8) is 0 Å². The van der Waals surface area contributed by atoms with Crippen LogP contribution < -0.4 is 11.5 Å². The Labute approximate surface area is 248 Å². The molecule has 0 aromatic heterocycles. The number of hydrogen-bond acceptors (Lipinski definition) is 10. The van der Waals surface area contributed by atoms with Crippen molar-refractivity contribution in [2.24, 2.45) is 11.5 Å². The predicted molar refractivity (Wildman–Crippen MR) is 160 cm³/mol. The van der Waals surface area contributed by atoms with Crippen LogP contribution in [0.3, 0.4) is 0 Å². The van der Waals surface area contributed by atoms with Crippen molar-refractivity contribution in [2.45, 2.75) is 57.8 Å². The number of nitrogens with two attached hydrogens (primary N) is 2. The molecule has 0 aliphatic rings. The zero-order valence-electron chi connectivity index (χ0n) is 24.3. The second-order valence-corrected chi connectivity index (χ2v) is 9.01. The van der Waals surface area contributed by atoms with Crippen LogP contribution in [0.4, 0.5) is 0 Å². The van der Waals surface area contributed by atoms with Crippen molar-refractivity contribution >= 4 is 23.2 Å². The normalized spacial score (nSPS) is 10.6. The molecule has 39 heavy (non-hydrogen) atoms. The number of aliphatic hydroxyl groups is 2.